The Morgan fingerprint density at radius 3 is 2.79 bits per heavy atom. The summed E-state index contributed by atoms with van der Waals surface area (Å²) < 4.78 is 0. The summed E-state index contributed by atoms with van der Waals surface area (Å²) in [4.78, 5) is 32.1. The number of carbonyl (C=O) groups excluding carboxylic acids is 1. The number of pyridine rings is 1. The van der Waals surface area contributed by atoms with E-state index in [1.165, 1.54) is 0 Å². The van der Waals surface area contributed by atoms with Crippen molar-refractivity contribution in [3.05, 3.63) is 46.1 Å². The van der Waals surface area contributed by atoms with Gasteiger partial charge in [0.1, 0.15) is 10.7 Å². The normalized spacial score (nSPS) is 18.5. The van der Waals surface area contributed by atoms with Gasteiger partial charge >= 0.3 is 5.97 Å². The number of anilines is 2. The van der Waals surface area contributed by atoms with E-state index in [4.69, 9.17) is 16.7 Å². The smallest absolute Gasteiger partial charge is 0.347 e. The quantitative estimate of drug-likeness (QED) is 0.576. The van der Waals surface area contributed by atoms with Crippen molar-refractivity contribution in [2.45, 2.75) is 25.8 Å². The summed E-state index contributed by atoms with van der Waals surface area (Å²) in [7, 11) is 0. The van der Waals surface area contributed by atoms with Crippen LogP contribution in [0.1, 0.15) is 28.2 Å². The fraction of sp³-hybridized carbons (Fsp3) is 0.263. The van der Waals surface area contributed by atoms with Crippen LogP contribution in [-0.2, 0) is 4.79 Å². The van der Waals surface area contributed by atoms with Crippen molar-refractivity contribution in [3.8, 4) is 0 Å². The molecule has 4 rings (SSSR count). The van der Waals surface area contributed by atoms with E-state index in [0.717, 1.165) is 27.9 Å². The van der Waals surface area contributed by atoms with Crippen molar-refractivity contribution in [2.24, 2.45) is 5.92 Å². The maximum absolute atomic E-state index is 12.4. The number of aromatic nitrogens is 2. The first-order valence-electron chi connectivity index (χ1n) is 8.73. The van der Waals surface area contributed by atoms with Crippen molar-refractivity contribution >= 4 is 56.5 Å². The lowest BCUT2D eigenvalue weighted by molar-refractivity contribution is -0.122. The Morgan fingerprint density at radius 1 is 1.29 bits per heavy atom. The molecule has 2 heterocycles. The van der Waals surface area contributed by atoms with Crippen LogP contribution in [0.3, 0.4) is 0 Å². The molecule has 0 saturated heterocycles. The predicted octanol–water partition coefficient (Wildman–Crippen LogP) is 4.18. The number of carbonyl (C=O) groups is 2. The molecule has 0 atom stereocenters. The SMILES string of the molecule is Cc1nc(NC(=O)C2CC(Nc3nccc4ccc(Cl)cc34)C2)sc1C(=O)O. The molecule has 1 amide bonds. The lowest BCUT2D eigenvalue weighted by atomic mass is 9.79. The van der Waals surface area contributed by atoms with Gasteiger partial charge in [-0.3, -0.25) is 4.79 Å². The molecule has 1 fully saturated rings. The second-order valence-corrected chi connectivity index (χ2v) is 8.20. The highest BCUT2D eigenvalue weighted by Crippen LogP contribution is 2.34. The summed E-state index contributed by atoms with van der Waals surface area (Å²) in [5, 5.41) is 18.2. The van der Waals surface area contributed by atoms with Crippen molar-refractivity contribution in [2.75, 3.05) is 10.6 Å². The van der Waals surface area contributed by atoms with E-state index < -0.39 is 5.97 Å². The van der Waals surface area contributed by atoms with Gasteiger partial charge in [0.05, 0.1) is 5.69 Å². The molecule has 0 bridgehead atoms. The average Bonchev–Trinajstić information content (AvgIpc) is 2.98. The number of aryl methyl sites for hydroxylation is 1. The first kappa shape index (κ1) is 18.6. The maximum Gasteiger partial charge on any atom is 0.347 e. The molecule has 1 aliphatic carbocycles. The first-order chi connectivity index (χ1) is 13.4. The summed E-state index contributed by atoms with van der Waals surface area (Å²) in [6.45, 7) is 1.61. The summed E-state index contributed by atoms with van der Waals surface area (Å²) in [5.41, 5.74) is 0.404. The molecule has 9 heteroatoms. The summed E-state index contributed by atoms with van der Waals surface area (Å²) in [5.74, 6) is -0.567. The number of amides is 1. The van der Waals surface area contributed by atoms with Crippen LogP contribution in [0, 0.1) is 12.8 Å². The van der Waals surface area contributed by atoms with E-state index in [-0.39, 0.29) is 22.7 Å². The summed E-state index contributed by atoms with van der Waals surface area (Å²) >= 11 is 7.07. The molecule has 2 aromatic heterocycles. The Hall–Kier alpha value is -2.71. The summed E-state index contributed by atoms with van der Waals surface area (Å²) in [6.07, 6.45) is 3.08. The third-order valence-electron chi connectivity index (χ3n) is 4.80. The topological polar surface area (TPSA) is 104 Å². The third-order valence-corrected chi connectivity index (χ3v) is 6.09. The van der Waals surface area contributed by atoms with E-state index in [1.807, 2.05) is 24.3 Å². The number of fused-ring (bicyclic) bond motifs is 1. The predicted molar refractivity (Wildman–Crippen MR) is 109 cm³/mol. The standard InChI is InChI=1S/C19H17ClN4O3S/c1-9-15(18(26)27)28-19(22-9)24-17(25)11-6-13(7-11)23-16-14-8-12(20)3-2-10(14)4-5-21-16/h2-5,8,11,13H,6-7H2,1H3,(H,21,23)(H,26,27)(H,22,24,25). The van der Waals surface area contributed by atoms with Gasteiger partial charge in [0, 0.05) is 28.6 Å². The highest BCUT2D eigenvalue weighted by Gasteiger charge is 2.35. The van der Waals surface area contributed by atoms with Crippen LogP contribution in [0.4, 0.5) is 10.9 Å². The van der Waals surface area contributed by atoms with Crippen LogP contribution in [0.2, 0.25) is 5.02 Å². The van der Waals surface area contributed by atoms with Crippen molar-refractivity contribution in [3.63, 3.8) is 0 Å². The van der Waals surface area contributed by atoms with Gasteiger partial charge in [0.2, 0.25) is 5.91 Å². The Balaban J connectivity index is 1.37. The molecule has 28 heavy (non-hydrogen) atoms. The Kier molecular flexibility index (Phi) is 4.91. The molecule has 7 nitrogen and oxygen atoms in total. The highest BCUT2D eigenvalue weighted by atomic mass is 35.5. The minimum Gasteiger partial charge on any atom is -0.477 e. The van der Waals surface area contributed by atoms with Gasteiger partial charge in [0.15, 0.2) is 5.13 Å². The van der Waals surface area contributed by atoms with E-state index in [2.05, 4.69) is 20.6 Å². The van der Waals surface area contributed by atoms with Crippen LogP contribution in [0.25, 0.3) is 10.8 Å². The molecule has 144 valence electrons. The van der Waals surface area contributed by atoms with Gasteiger partial charge in [-0.25, -0.2) is 14.8 Å². The fourth-order valence-electron chi connectivity index (χ4n) is 3.25. The largest absolute Gasteiger partial charge is 0.477 e. The Morgan fingerprint density at radius 2 is 2.07 bits per heavy atom. The molecule has 1 aliphatic rings. The fourth-order valence-corrected chi connectivity index (χ4v) is 4.23. The molecule has 0 aliphatic heterocycles. The number of nitrogens with zero attached hydrogens (tertiary/aromatic N) is 2. The first-order valence-corrected chi connectivity index (χ1v) is 9.92. The van der Waals surface area contributed by atoms with Crippen molar-refractivity contribution < 1.29 is 14.7 Å². The van der Waals surface area contributed by atoms with E-state index in [0.29, 0.717) is 28.7 Å². The number of rotatable bonds is 5. The maximum atomic E-state index is 12.4. The van der Waals surface area contributed by atoms with E-state index >= 15 is 0 Å². The number of halogens is 1. The number of carboxylic acid groups (broad SMARTS) is 1. The van der Waals surface area contributed by atoms with Gasteiger partial charge in [-0.05, 0) is 43.4 Å². The number of benzene rings is 1. The Bertz CT molecular complexity index is 1080. The van der Waals surface area contributed by atoms with Crippen LogP contribution < -0.4 is 10.6 Å². The second-order valence-electron chi connectivity index (χ2n) is 6.76. The van der Waals surface area contributed by atoms with Crippen LogP contribution >= 0.6 is 22.9 Å². The van der Waals surface area contributed by atoms with Gasteiger partial charge in [0.25, 0.3) is 0 Å². The number of thiazole rings is 1. The Labute approximate surface area is 169 Å². The van der Waals surface area contributed by atoms with Crippen LogP contribution in [0.5, 0.6) is 0 Å². The molecule has 0 radical (unpaired) electrons. The van der Waals surface area contributed by atoms with Gasteiger partial charge < -0.3 is 15.7 Å². The number of carboxylic acids is 1. The zero-order valence-corrected chi connectivity index (χ0v) is 16.5. The lowest BCUT2D eigenvalue weighted by Gasteiger charge is -2.35. The second kappa shape index (κ2) is 7.37. The molecule has 0 spiro atoms. The van der Waals surface area contributed by atoms with Crippen molar-refractivity contribution in [1.82, 2.24) is 9.97 Å². The molecule has 3 aromatic rings. The van der Waals surface area contributed by atoms with Gasteiger partial charge in [-0.2, -0.15) is 0 Å². The molecular formula is C19H17ClN4O3S. The third kappa shape index (κ3) is 3.65. The van der Waals surface area contributed by atoms with Gasteiger partial charge in [-0.15, -0.1) is 0 Å². The number of aromatic carboxylic acids is 1. The zero-order valence-electron chi connectivity index (χ0n) is 14.9. The number of hydrogen-bond donors (Lipinski definition) is 3. The molecule has 0 unspecified atom stereocenters. The average molecular weight is 417 g/mol. The highest BCUT2D eigenvalue weighted by molar-refractivity contribution is 7.17. The monoisotopic (exact) mass is 416 g/mol. The van der Waals surface area contributed by atoms with Crippen molar-refractivity contribution in [1.29, 1.82) is 0 Å². The van der Waals surface area contributed by atoms with E-state index in [1.54, 1.807) is 13.1 Å². The lowest BCUT2D eigenvalue weighted by Crippen LogP contribution is -2.42. The minimum atomic E-state index is -1.04. The van der Waals surface area contributed by atoms with E-state index in [9.17, 15) is 9.59 Å². The van der Waals surface area contributed by atoms with Crippen LogP contribution in [-0.4, -0.2) is 33.0 Å². The molecular weight excluding hydrogens is 400 g/mol. The van der Waals surface area contributed by atoms with Gasteiger partial charge in [-0.1, -0.05) is 29.0 Å². The number of hydrogen-bond acceptors (Lipinski definition) is 6. The number of nitrogens with one attached hydrogen (secondary N) is 2. The molecule has 1 saturated carbocycles. The summed E-state index contributed by atoms with van der Waals surface area (Å²) in [6, 6.07) is 7.73. The molecule has 1 aromatic carbocycles. The van der Waals surface area contributed by atoms with Crippen LogP contribution in [0.15, 0.2) is 30.5 Å². The minimum absolute atomic E-state index is 0.139. The molecule has 3 N–H and O–H groups in total. The zero-order chi connectivity index (χ0) is 19.8.